The van der Waals surface area contributed by atoms with Gasteiger partial charge < -0.3 is 21.1 Å². The zero-order valence-electron chi connectivity index (χ0n) is 7.28. The normalized spacial score (nSPS) is 13.9. The quantitative estimate of drug-likeness (QED) is 0.579. The third kappa shape index (κ3) is 2.24. The highest BCUT2D eigenvalue weighted by Crippen LogP contribution is 2.41. The number of phenols is 3. The van der Waals surface area contributed by atoms with Gasteiger partial charge in [0.05, 0.1) is 5.56 Å². The smallest absolute Gasteiger partial charge is 0.407 e. The Bertz CT molecular complexity index is 355. The van der Waals surface area contributed by atoms with Crippen molar-refractivity contribution in [2.45, 2.75) is 12.2 Å². The molecule has 1 rings (SSSR count). The van der Waals surface area contributed by atoms with Crippen molar-refractivity contribution < 1.29 is 28.5 Å². The summed E-state index contributed by atoms with van der Waals surface area (Å²) < 4.78 is 36.6. The Kier molecular flexibility index (Phi) is 2.67. The minimum absolute atomic E-state index is 0.553. The lowest BCUT2D eigenvalue weighted by Gasteiger charge is -2.18. The van der Waals surface area contributed by atoms with Crippen LogP contribution in [-0.4, -0.2) is 21.5 Å². The van der Waals surface area contributed by atoms with E-state index < -0.39 is 35.0 Å². The number of benzene rings is 1. The Labute approximate surface area is 82.4 Å². The van der Waals surface area contributed by atoms with Crippen molar-refractivity contribution in [2.75, 3.05) is 0 Å². The molecule has 1 aromatic rings. The van der Waals surface area contributed by atoms with Crippen molar-refractivity contribution >= 4 is 0 Å². The second-order valence-electron chi connectivity index (χ2n) is 2.92. The number of nitrogens with two attached hydrogens (primary N) is 1. The van der Waals surface area contributed by atoms with E-state index in [1.54, 1.807) is 0 Å². The maximum Gasteiger partial charge on any atom is 0.407 e. The van der Waals surface area contributed by atoms with Gasteiger partial charge in [-0.2, -0.15) is 13.2 Å². The van der Waals surface area contributed by atoms with E-state index in [1.165, 1.54) is 0 Å². The molecular weight excluding hydrogens is 215 g/mol. The van der Waals surface area contributed by atoms with E-state index in [-0.39, 0.29) is 0 Å². The number of hydrogen-bond acceptors (Lipinski definition) is 4. The maximum atomic E-state index is 12.2. The van der Waals surface area contributed by atoms with Crippen molar-refractivity contribution in [1.29, 1.82) is 0 Å². The summed E-state index contributed by atoms with van der Waals surface area (Å²) in [6, 6.07) is -1.17. The number of aromatic hydroxyl groups is 3. The highest BCUT2D eigenvalue weighted by atomic mass is 19.4. The molecule has 0 unspecified atom stereocenters. The largest absolute Gasteiger partial charge is 0.508 e. The summed E-state index contributed by atoms with van der Waals surface area (Å²) in [6.07, 6.45) is -4.79. The first kappa shape index (κ1) is 11.4. The SMILES string of the molecule is N[C@H](c1c(O)cc(O)cc1O)C(F)(F)F. The Morgan fingerprint density at radius 1 is 1.07 bits per heavy atom. The Morgan fingerprint density at radius 3 is 1.80 bits per heavy atom. The van der Waals surface area contributed by atoms with E-state index in [9.17, 15) is 13.2 Å². The number of rotatable bonds is 1. The molecule has 1 aromatic carbocycles. The molecule has 4 nitrogen and oxygen atoms in total. The Hall–Kier alpha value is -1.63. The first-order valence-corrected chi connectivity index (χ1v) is 3.80. The van der Waals surface area contributed by atoms with Crippen molar-refractivity contribution in [3.63, 3.8) is 0 Å². The second-order valence-corrected chi connectivity index (χ2v) is 2.92. The average molecular weight is 223 g/mol. The molecule has 0 aliphatic carbocycles. The Balaban J connectivity index is 3.26. The molecule has 84 valence electrons. The van der Waals surface area contributed by atoms with Crippen LogP contribution < -0.4 is 5.73 Å². The third-order valence-electron chi connectivity index (χ3n) is 1.78. The molecule has 0 bridgehead atoms. The van der Waals surface area contributed by atoms with Crippen molar-refractivity contribution in [1.82, 2.24) is 0 Å². The highest BCUT2D eigenvalue weighted by molar-refractivity contribution is 5.50. The summed E-state index contributed by atoms with van der Waals surface area (Å²) in [6.45, 7) is 0. The van der Waals surface area contributed by atoms with E-state index in [2.05, 4.69) is 0 Å². The van der Waals surface area contributed by atoms with Crippen LogP contribution in [0.2, 0.25) is 0 Å². The lowest BCUT2D eigenvalue weighted by atomic mass is 10.0. The van der Waals surface area contributed by atoms with Gasteiger partial charge >= 0.3 is 6.18 Å². The molecule has 15 heavy (non-hydrogen) atoms. The van der Waals surface area contributed by atoms with E-state index in [1.807, 2.05) is 0 Å². The molecule has 1 atom stereocenters. The predicted octanol–water partition coefficient (Wildman–Crippen LogP) is 1.37. The highest BCUT2D eigenvalue weighted by Gasteiger charge is 2.41. The fraction of sp³-hybridized carbons (Fsp3) is 0.250. The van der Waals surface area contributed by atoms with Crippen LogP contribution in [0.25, 0.3) is 0 Å². The van der Waals surface area contributed by atoms with Crippen LogP contribution in [0.1, 0.15) is 11.6 Å². The molecule has 0 radical (unpaired) electrons. The van der Waals surface area contributed by atoms with E-state index in [4.69, 9.17) is 21.1 Å². The van der Waals surface area contributed by atoms with Crippen LogP contribution in [0, 0.1) is 0 Å². The van der Waals surface area contributed by atoms with Gasteiger partial charge in [0, 0.05) is 12.1 Å². The summed E-state index contributed by atoms with van der Waals surface area (Å²) >= 11 is 0. The molecule has 5 N–H and O–H groups in total. The van der Waals surface area contributed by atoms with Gasteiger partial charge in [0.15, 0.2) is 0 Å². The zero-order chi connectivity index (χ0) is 11.8. The summed E-state index contributed by atoms with van der Waals surface area (Å²) in [5.74, 6) is -2.36. The van der Waals surface area contributed by atoms with Gasteiger partial charge in [-0.1, -0.05) is 0 Å². The van der Waals surface area contributed by atoms with Crippen LogP contribution in [0.15, 0.2) is 12.1 Å². The minimum Gasteiger partial charge on any atom is -0.508 e. The van der Waals surface area contributed by atoms with Gasteiger partial charge in [-0.25, -0.2) is 0 Å². The molecule has 0 fully saturated rings. The van der Waals surface area contributed by atoms with Crippen LogP contribution in [0.3, 0.4) is 0 Å². The predicted molar refractivity (Wildman–Crippen MR) is 44.4 cm³/mol. The van der Waals surface area contributed by atoms with Crippen LogP contribution in [0.4, 0.5) is 13.2 Å². The van der Waals surface area contributed by atoms with Crippen molar-refractivity contribution in [3.05, 3.63) is 17.7 Å². The molecule has 0 heterocycles. The van der Waals surface area contributed by atoms with E-state index in [0.717, 1.165) is 0 Å². The van der Waals surface area contributed by atoms with Crippen molar-refractivity contribution in [2.24, 2.45) is 5.73 Å². The van der Waals surface area contributed by atoms with Gasteiger partial charge in [0.1, 0.15) is 23.3 Å². The van der Waals surface area contributed by atoms with Crippen LogP contribution in [-0.2, 0) is 0 Å². The lowest BCUT2D eigenvalue weighted by molar-refractivity contribution is -0.149. The summed E-state index contributed by atoms with van der Waals surface area (Å²) in [7, 11) is 0. The number of alkyl halides is 3. The Morgan fingerprint density at radius 2 is 1.47 bits per heavy atom. The second kappa shape index (κ2) is 3.50. The molecule has 0 amide bonds. The summed E-state index contributed by atoms with van der Waals surface area (Å²) in [5.41, 5.74) is 3.94. The van der Waals surface area contributed by atoms with Crippen molar-refractivity contribution in [3.8, 4) is 17.2 Å². The third-order valence-corrected chi connectivity index (χ3v) is 1.78. The molecule has 0 saturated heterocycles. The van der Waals surface area contributed by atoms with Crippen LogP contribution in [0.5, 0.6) is 17.2 Å². The zero-order valence-corrected chi connectivity index (χ0v) is 7.28. The monoisotopic (exact) mass is 223 g/mol. The lowest BCUT2D eigenvalue weighted by Crippen LogP contribution is -2.28. The fourth-order valence-corrected chi connectivity index (χ4v) is 1.09. The molecule has 7 heteroatoms. The van der Waals surface area contributed by atoms with Gasteiger partial charge in [-0.05, 0) is 0 Å². The first-order chi connectivity index (χ1) is 6.73. The molecule has 0 aliphatic rings. The fourth-order valence-electron chi connectivity index (χ4n) is 1.09. The van der Waals surface area contributed by atoms with Gasteiger partial charge in [0.25, 0.3) is 0 Å². The summed E-state index contributed by atoms with van der Waals surface area (Å²) in [5, 5.41) is 27.1. The molecule has 0 aliphatic heterocycles. The molecule has 0 saturated carbocycles. The molecule has 0 aromatic heterocycles. The number of hydrogen-bond donors (Lipinski definition) is 4. The van der Waals surface area contributed by atoms with E-state index >= 15 is 0 Å². The minimum atomic E-state index is -4.79. The summed E-state index contributed by atoms with van der Waals surface area (Å²) in [4.78, 5) is 0. The standard InChI is InChI=1S/C8H8F3NO3/c9-8(10,11)7(12)6-4(14)1-3(13)2-5(6)15/h1-2,7,13-15H,12H2/t7-/m1/s1. The number of phenolic OH excluding ortho intramolecular Hbond substituents is 3. The van der Waals surface area contributed by atoms with E-state index in [0.29, 0.717) is 12.1 Å². The van der Waals surface area contributed by atoms with Gasteiger partial charge in [0.2, 0.25) is 0 Å². The average Bonchev–Trinajstić information content (AvgIpc) is 1.99. The molecule has 0 spiro atoms. The van der Waals surface area contributed by atoms with Crippen LogP contribution >= 0.6 is 0 Å². The topological polar surface area (TPSA) is 86.7 Å². The first-order valence-electron chi connectivity index (χ1n) is 3.80. The van der Waals surface area contributed by atoms with Gasteiger partial charge in [-0.15, -0.1) is 0 Å². The number of halogens is 3. The maximum absolute atomic E-state index is 12.2. The molecular formula is C8H8F3NO3. The van der Waals surface area contributed by atoms with Gasteiger partial charge in [-0.3, -0.25) is 0 Å².